The fourth-order valence-electron chi connectivity index (χ4n) is 1.97. The van der Waals surface area contributed by atoms with Gasteiger partial charge < -0.3 is 10.6 Å². The van der Waals surface area contributed by atoms with Gasteiger partial charge in [-0.1, -0.05) is 12.8 Å². The monoisotopic (exact) mass is 168 g/mol. The number of nitrogens with one attached hydrogen (secondary N) is 2. The molecule has 0 spiro atoms. The first kappa shape index (κ1) is 8.52. The Hall–Kier alpha value is -0.0800. The van der Waals surface area contributed by atoms with Crippen LogP contribution in [0.3, 0.4) is 0 Å². The van der Waals surface area contributed by atoms with Gasteiger partial charge in [-0.15, -0.1) is 0 Å². The smallest absolute Gasteiger partial charge is 0.00794 e. The molecule has 2 nitrogen and oxygen atoms in total. The summed E-state index contributed by atoms with van der Waals surface area (Å²) in [5.74, 6) is 0. The number of rotatable bonds is 5. The van der Waals surface area contributed by atoms with Crippen molar-refractivity contribution in [1.29, 1.82) is 0 Å². The lowest BCUT2D eigenvalue weighted by Gasteiger charge is -2.11. The van der Waals surface area contributed by atoms with Gasteiger partial charge in [-0.25, -0.2) is 0 Å². The Bertz CT molecular complexity index is 126. The minimum absolute atomic E-state index is 0.839. The number of hydrogen-bond donors (Lipinski definition) is 2. The summed E-state index contributed by atoms with van der Waals surface area (Å²) in [5.41, 5.74) is 0. The molecule has 0 radical (unpaired) electrons. The van der Waals surface area contributed by atoms with Crippen molar-refractivity contribution in [2.75, 3.05) is 13.1 Å². The quantitative estimate of drug-likeness (QED) is 0.604. The Morgan fingerprint density at radius 3 is 1.75 bits per heavy atom. The highest BCUT2D eigenvalue weighted by molar-refractivity contribution is 4.81. The van der Waals surface area contributed by atoms with Crippen molar-refractivity contribution in [2.24, 2.45) is 0 Å². The van der Waals surface area contributed by atoms with Gasteiger partial charge in [-0.05, 0) is 25.7 Å². The van der Waals surface area contributed by atoms with Gasteiger partial charge in [-0.2, -0.15) is 0 Å². The Balaban J connectivity index is 1.44. The molecule has 0 aromatic rings. The first-order chi connectivity index (χ1) is 5.95. The van der Waals surface area contributed by atoms with Crippen LogP contribution in [-0.2, 0) is 0 Å². The zero-order chi connectivity index (χ0) is 8.23. The maximum atomic E-state index is 3.60. The summed E-state index contributed by atoms with van der Waals surface area (Å²) < 4.78 is 0. The van der Waals surface area contributed by atoms with Crippen LogP contribution in [0.25, 0.3) is 0 Å². The van der Waals surface area contributed by atoms with Gasteiger partial charge in [0.2, 0.25) is 0 Å². The zero-order valence-corrected chi connectivity index (χ0v) is 7.81. The Kier molecular flexibility index (Phi) is 3.01. The molecule has 70 valence electrons. The molecule has 2 heteroatoms. The lowest BCUT2D eigenvalue weighted by atomic mass is 10.2. The van der Waals surface area contributed by atoms with Crippen LogP contribution in [0, 0.1) is 0 Å². The molecule has 0 aliphatic heterocycles. The van der Waals surface area contributed by atoms with E-state index in [2.05, 4.69) is 10.6 Å². The van der Waals surface area contributed by atoms with Gasteiger partial charge in [-0.3, -0.25) is 0 Å². The van der Waals surface area contributed by atoms with E-state index < -0.39 is 0 Å². The number of hydrogen-bond acceptors (Lipinski definition) is 2. The second kappa shape index (κ2) is 4.24. The van der Waals surface area contributed by atoms with Crippen LogP contribution in [0.5, 0.6) is 0 Å². The molecule has 0 heterocycles. The molecular weight excluding hydrogens is 148 g/mol. The van der Waals surface area contributed by atoms with E-state index in [1.807, 2.05) is 0 Å². The predicted molar refractivity (Wildman–Crippen MR) is 51.3 cm³/mol. The van der Waals surface area contributed by atoms with Gasteiger partial charge in [0.25, 0.3) is 0 Å². The van der Waals surface area contributed by atoms with E-state index in [1.54, 1.807) is 0 Å². The zero-order valence-electron chi connectivity index (χ0n) is 7.81. The summed E-state index contributed by atoms with van der Waals surface area (Å²) in [6.07, 6.45) is 8.50. The second-order valence-corrected chi connectivity index (χ2v) is 4.16. The summed E-state index contributed by atoms with van der Waals surface area (Å²) >= 11 is 0. The average Bonchev–Trinajstić information content (AvgIpc) is 2.76. The average molecular weight is 168 g/mol. The van der Waals surface area contributed by atoms with Gasteiger partial charge in [0.05, 0.1) is 0 Å². The molecule has 0 aromatic heterocycles. The summed E-state index contributed by atoms with van der Waals surface area (Å²) in [4.78, 5) is 0. The molecule has 2 rings (SSSR count). The normalized spacial score (nSPS) is 25.0. The van der Waals surface area contributed by atoms with E-state index in [0.717, 1.165) is 12.1 Å². The largest absolute Gasteiger partial charge is 0.313 e. The van der Waals surface area contributed by atoms with E-state index in [4.69, 9.17) is 0 Å². The Morgan fingerprint density at radius 2 is 1.25 bits per heavy atom. The molecule has 0 unspecified atom stereocenters. The van der Waals surface area contributed by atoms with E-state index >= 15 is 0 Å². The van der Waals surface area contributed by atoms with Crippen LogP contribution < -0.4 is 10.6 Å². The van der Waals surface area contributed by atoms with Crippen LogP contribution in [0.1, 0.15) is 38.5 Å². The SMILES string of the molecule is C1CCC(NCCNC2CC2)C1. The highest BCUT2D eigenvalue weighted by Gasteiger charge is 2.20. The molecule has 2 N–H and O–H groups in total. The maximum absolute atomic E-state index is 3.60. The molecule has 0 bridgehead atoms. The molecule has 2 saturated carbocycles. The highest BCUT2D eigenvalue weighted by Crippen LogP contribution is 2.18. The minimum Gasteiger partial charge on any atom is -0.313 e. The Labute approximate surface area is 75.1 Å². The first-order valence-electron chi connectivity index (χ1n) is 5.42. The van der Waals surface area contributed by atoms with Gasteiger partial charge in [0.15, 0.2) is 0 Å². The highest BCUT2D eigenvalue weighted by atomic mass is 15.0. The summed E-state index contributed by atoms with van der Waals surface area (Å²) in [5, 5.41) is 7.12. The lowest BCUT2D eigenvalue weighted by Crippen LogP contribution is -2.34. The molecule has 2 aliphatic rings. The fraction of sp³-hybridized carbons (Fsp3) is 1.00. The summed E-state index contributed by atoms with van der Waals surface area (Å²) in [7, 11) is 0. The van der Waals surface area contributed by atoms with Gasteiger partial charge >= 0.3 is 0 Å². The third-order valence-electron chi connectivity index (χ3n) is 2.92. The van der Waals surface area contributed by atoms with Crippen molar-refractivity contribution in [3.05, 3.63) is 0 Å². The molecule has 0 saturated heterocycles. The first-order valence-corrected chi connectivity index (χ1v) is 5.42. The topological polar surface area (TPSA) is 24.1 Å². The summed E-state index contributed by atoms with van der Waals surface area (Å²) in [6, 6.07) is 1.71. The molecule has 0 aromatic carbocycles. The van der Waals surface area contributed by atoms with Crippen LogP contribution in [0.4, 0.5) is 0 Å². The minimum atomic E-state index is 0.839. The fourth-order valence-corrected chi connectivity index (χ4v) is 1.97. The molecule has 12 heavy (non-hydrogen) atoms. The molecule has 0 atom stereocenters. The maximum Gasteiger partial charge on any atom is 0.00794 e. The Morgan fingerprint density at radius 1 is 0.750 bits per heavy atom. The predicted octanol–water partition coefficient (Wildman–Crippen LogP) is 1.27. The second-order valence-electron chi connectivity index (χ2n) is 4.16. The van der Waals surface area contributed by atoms with Crippen LogP contribution in [0.15, 0.2) is 0 Å². The van der Waals surface area contributed by atoms with Crippen LogP contribution in [-0.4, -0.2) is 25.2 Å². The standard InChI is InChI=1S/C10H20N2/c1-2-4-9(3-1)11-7-8-12-10-5-6-10/h9-12H,1-8H2. The molecule has 2 aliphatic carbocycles. The van der Waals surface area contributed by atoms with E-state index in [1.165, 1.54) is 51.6 Å². The van der Waals surface area contributed by atoms with Crippen molar-refractivity contribution < 1.29 is 0 Å². The van der Waals surface area contributed by atoms with Crippen LogP contribution >= 0.6 is 0 Å². The van der Waals surface area contributed by atoms with E-state index in [0.29, 0.717) is 0 Å². The molecule has 0 amide bonds. The summed E-state index contributed by atoms with van der Waals surface area (Å²) in [6.45, 7) is 2.34. The van der Waals surface area contributed by atoms with Crippen molar-refractivity contribution >= 4 is 0 Å². The van der Waals surface area contributed by atoms with Gasteiger partial charge in [0, 0.05) is 25.2 Å². The van der Waals surface area contributed by atoms with Crippen molar-refractivity contribution in [3.63, 3.8) is 0 Å². The van der Waals surface area contributed by atoms with Crippen molar-refractivity contribution in [3.8, 4) is 0 Å². The van der Waals surface area contributed by atoms with Crippen molar-refractivity contribution in [2.45, 2.75) is 50.6 Å². The van der Waals surface area contributed by atoms with E-state index in [9.17, 15) is 0 Å². The van der Waals surface area contributed by atoms with Crippen LogP contribution in [0.2, 0.25) is 0 Å². The molecule has 2 fully saturated rings. The third kappa shape index (κ3) is 2.76. The van der Waals surface area contributed by atoms with E-state index in [-0.39, 0.29) is 0 Å². The third-order valence-corrected chi connectivity index (χ3v) is 2.92. The van der Waals surface area contributed by atoms with Crippen molar-refractivity contribution in [1.82, 2.24) is 10.6 Å². The van der Waals surface area contributed by atoms with Gasteiger partial charge in [0.1, 0.15) is 0 Å². The lowest BCUT2D eigenvalue weighted by molar-refractivity contribution is 0.508. The molecular formula is C10H20N2.